The highest BCUT2D eigenvalue weighted by Gasteiger charge is 2.12. The second kappa shape index (κ2) is 7.33. The van der Waals surface area contributed by atoms with Crippen LogP contribution in [0.4, 0.5) is 5.69 Å². The van der Waals surface area contributed by atoms with E-state index >= 15 is 0 Å². The minimum Gasteiger partial charge on any atom is -0.398 e. The quantitative estimate of drug-likeness (QED) is 0.495. The van der Waals surface area contributed by atoms with E-state index in [1.165, 1.54) is 6.08 Å². The molecule has 0 aliphatic carbocycles. The first kappa shape index (κ1) is 16.6. The number of anilines is 1. The number of hydrogen-bond acceptors (Lipinski definition) is 4. The first-order valence-corrected chi connectivity index (χ1v) is 6.65. The van der Waals surface area contributed by atoms with Crippen LogP contribution in [-0.2, 0) is 4.79 Å². The van der Waals surface area contributed by atoms with Gasteiger partial charge in [0.2, 0.25) is 0 Å². The molecule has 0 atom stereocenters. The normalized spacial score (nSPS) is 12.5. The fourth-order valence-electron chi connectivity index (χ4n) is 2.10. The van der Waals surface area contributed by atoms with Crippen LogP contribution in [0.15, 0.2) is 54.3 Å². The second-order valence-electron chi connectivity index (χ2n) is 5.06. The molecule has 21 heavy (non-hydrogen) atoms. The van der Waals surface area contributed by atoms with Crippen LogP contribution >= 0.6 is 0 Å². The van der Waals surface area contributed by atoms with Crippen molar-refractivity contribution >= 4 is 17.7 Å². The van der Waals surface area contributed by atoms with E-state index < -0.39 is 0 Å². The van der Waals surface area contributed by atoms with Gasteiger partial charge in [0.25, 0.3) is 0 Å². The van der Waals surface area contributed by atoms with Crippen LogP contribution in [0, 0.1) is 0 Å². The Morgan fingerprint density at radius 3 is 2.38 bits per heavy atom. The van der Waals surface area contributed by atoms with Gasteiger partial charge in [-0.15, -0.1) is 0 Å². The van der Waals surface area contributed by atoms with E-state index in [2.05, 4.69) is 12.6 Å². The third kappa shape index (κ3) is 3.99. The average Bonchev–Trinajstić information content (AvgIpc) is 2.44. The molecule has 0 saturated heterocycles. The van der Waals surface area contributed by atoms with Crippen LogP contribution in [0.1, 0.15) is 5.56 Å². The molecule has 1 aromatic carbocycles. The van der Waals surface area contributed by atoms with E-state index in [4.69, 9.17) is 5.73 Å². The molecule has 0 unspecified atom stereocenters. The fourth-order valence-corrected chi connectivity index (χ4v) is 2.10. The van der Waals surface area contributed by atoms with Gasteiger partial charge in [0.1, 0.15) is 6.29 Å². The standard InChI is InChI=1S/C17H23N3O/c1-6-15(16(18)10-11-21)17(20(4)5)13-8-7-9-14(12-13)19(2)3/h6-12H,1,18H2,2-5H3/b16-10+,17-15-. The Balaban J connectivity index is 3.55. The zero-order chi connectivity index (χ0) is 16.0. The lowest BCUT2D eigenvalue weighted by Gasteiger charge is -2.23. The van der Waals surface area contributed by atoms with E-state index in [-0.39, 0.29) is 0 Å². The molecule has 0 heterocycles. The van der Waals surface area contributed by atoms with E-state index in [0.29, 0.717) is 12.0 Å². The summed E-state index contributed by atoms with van der Waals surface area (Å²) in [5, 5.41) is 0. The van der Waals surface area contributed by atoms with Gasteiger partial charge in [-0.05, 0) is 12.1 Å². The number of rotatable bonds is 6. The first-order valence-electron chi connectivity index (χ1n) is 6.65. The van der Waals surface area contributed by atoms with Gasteiger partial charge in [0.05, 0.1) is 5.70 Å². The Morgan fingerprint density at radius 2 is 1.90 bits per heavy atom. The van der Waals surface area contributed by atoms with Crippen molar-refractivity contribution in [2.45, 2.75) is 0 Å². The van der Waals surface area contributed by atoms with Crippen LogP contribution < -0.4 is 10.6 Å². The van der Waals surface area contributed by atoms with Crippen LogP contribution in [0.3, 0.4) is 0 Å². The molecule has 0 spiro atoms. The molecule has 4 nitrogen and oxygen atoms in total. The van der Waals surface area contributed by atoms with E-state index in [0.717, 1.165) is 22.5 Å². The summed E-state index contributed by atoms with van der Waals surface area (Å²) in [7, 11) is 7.87. The predicted molar refractivity (Wildman–Crippen MR) is 89.9 cm³/mol. The maximum Gasteiger partial charge on any atom is 0.144 e. The van der Waals surface area contributed by atoms with Crippen LogP contribution in [0.25, 0.3) is 5.70 Å². The molecule has 0 aromatic heterocycles. The van der Waals surface area contributed by atoms with Crippen molar-refractivity contribution in [3.63, 3.8) is 0 Å². The van der Waals surface area contributed by atoms with Gasteiger partial charge in [-0.3, -0.25) is 4.79 Å². The number of carbonyl (C=O) groups is 1. The van der Waals surface area contributed by atoms with Gasteiger partial charge in [-0.25, -0.2) is 0 Å². The highest BCUT2D eigenvalue weighted by Crippen LogP contribution is 2.27. The molecular formula is C17H23N3O. The number of nitrogens with two attached hydrogens (primary N) is 1. The fraction of sp³-hybridized carbons (Fsp3) is 0.235. The maximum absolute atomic E-state index is 10.7. The molecular weight excluding hydrogens is 262 g/mol. The number of hydrogen-bond donors (Lipinski definition) is 1. The lowest BCUT2D eigenvalue weighted by Crippen LogP contribution is -2.16. The third-order valence-corrected chi connectivity index (χ3v) is 3.10. The average molecular weight is 285 g/mol. The number of allylic oxidation sites excluding steroid dienone is 2. The monoisotopic (exact) mass is 285 g/mol. The summed E-state index contributed by atoms with van der Waals surface area (Å²) < 4.78 is 0. The minimum atomic E-state index is 0.402. The van der Waals surface area contributed by atoms with Gasteiger partial charge in [-0.2, -0.15) is 0 Å². The maximum atomic E-state index is 10.7. The molecule has 1 rings (SSSR count). The molecule has 2 N–H and O–H groups in total. The Bertz CT molecular complexity index is 583. The summed E-state index contributed by atoms with van der Waals surface area (Å²) in [6.45, 7) is 3.82. The number of aldehydes is 1. The summed E-state index contributed by atoms with van der Waals surface area (Å²) in [4.78, 5) is 14.7. The van der Waals surface area contributed by atoms with Crippen molar-refractivity contribution in [1.29, 1.82) is 0 Å². The summed E-state index contributed by atoms with van der Waals surface area (Å²) in [5.74, 6) is 0. The Hall–Kier alpha value is -2.49. The minimum absolute atomic E-state index is 0.402. The van der Waals surface area contributed by atoms with Gasteiger partial charge in [0.15, 0.2) is 0 Å². The number of benzene rings is 1. The highest BCUT2D eigenvalue weighted by atomic mass is 16.1. The Labute approximate surface area is 126 Å². The smallest absolute Gasteiger partial charge is 0.144 e. The molecule has 0 aliphatic heterocycles. The molecule has 4 heteroatoms. The molecule has 112 valence electrons. The zero-order valence-corrected chi connectivity index (χ0v) is 13.1. The number of carbonyl (C=O) groups excluding carboxylic acids is 1. The van der Waals surface area contributed by atoms with Crippen LogP contribution in [0.5, 0.6) is 0 Å². The molecule has 0 aliphatic rings. The summed E-state index contributed by atoms with van der Waals surface area (Å²) in [6.07, 6.45) is 3.70. The SMILES string of the molecule is C=CC(=C(\c1cccc(N(C)C)c1)N(C)C)/C(N)=C\C=O. The Kier molecular flexibility index (Phi) is 5.79. The molecule has 0 bridgehead atoms. The van der Waals surface area contributed by atoms with E-state index in [9.17, 15) is 4.79 Å². The van der Waals surface area contributed by atoms with Crippen molar-refractivity contribution < 1.29 is 4.79 Å². The van der Waals surface area contributed by atoms with E-state index in [1.54, 1.807) is 6.08 Å². The van der Waals surface area contributed by atoms with Gasteiger partial charge in [-0.1, -0.05) is 24.8 Å². The first-order chi connectivity index (χ1) is 9.92. The van der Waals surface area contributed by atoms with Crippen molar-refractivity contribution in [2.24, 2.45) is 5.73 Å². The third-order valence-electron chi connectivity index (χ3n) is 3.10. The molecule has 0 radical (unpaired) electrons. The lowest BCUT2D eigenvalue weighted by atomic mass is 10.0. The predicted octanol–water partition coefficient (Wildman–Crippen LogP) is 2.25. The van der Waals surface area contributed by atoms with Gasteiger partial charge >= 0.3 is 0 Å². The van der Waals surface area contributed by atoms with Crippen molar-refractivity contribution in [3.05, 3.63) is 59.8 Å². The topological polar surface area (TPSA) is 49.6 Å². The number of nitrogens with zero attached hydrogens (tertiary/aromatic N) is 2. The summed E-state index contributed by atoms with van der Waals surface area (Å²) in [6, 6.07) is 8.12. The zero-order valence-electron chi connectivity index (χ0n) is 13.1. The molecule has 0 amide bonds. The van der Waals surface area contributed by atoms with Crippen LogP contribution in [0.2, 0.25) is 0 Å². The van der Waals surface area contributed by atoms with Gasteiger partial charge in [0, 0.05) is 56.8 Å². The van der Waals surface area contributed by atoms with Crippen molar-refractivity contribution in [1.82, 2.24) is 4.90 Å². The summed E-state index contributed by atoms with van der Waals surface area (Å²) >= 11 is 0. The Morgan fingerprint density at radius 1 is 1.24 bits per heavy atom. The van der Waals surface area contributed by atoms with Gasteiger partial charge < -0.3 is 15.5 Å². The van der Waals surface area contributed by atoms with Crippen molar-refractivity contribution in [3.8, 4) is 0 Å². The van der Waals surface area contributed by atoms with Crippen LogP contribution in [-0.4, -0.2) is 39.4 Å². The van der Waals surface area contributed by atoms with E-state index in [1.807, 2.05) is 56.2 Å². The molecule has 1 aromatic rings. The van der Waals surface area contributed by atoms with Crippen molar-refractivity contribution in [2.75, 3.05) is 33.1 Å². The summed E-state index contributed by atoms with van der Waals surface area (Å²) in [5.41, 5.74) is 10.1. The highest BCUT2D eigenvalue weighted by molar-refractivity contribution is 5.78. The molecule has 0 fully saturated rings. The molecule has 0 saturated carbocycles. The lowest BCUT2D eigenvalue weighted by molar-refractivity contribution is -0.104. The largest absolute Gasteiger partial charge is 0.398 e. The second-order valence-corrected chi connectivity index (χ2v) is 5.06.